The highest BCUT2D eigenvalue weighted by atomic mass is 19.1. The maximum absolute atomic E-state index is 13.3. The summed E-state index contributed by atoms with van der Waals surface area (Å²) >= 11 is 0. The van der Waals surface area contributed by atoms with Crippen molar-refractivity contribution >= 4 is 22.7 Å². The van der Waals surface area contributed by atoms with Gasteiger partial charge in [0.15, 0.2) is 0 Å². The predicted octanol–water partition coefficient (Wildman–Crippen LogP) is 3.20. The minimum atomic E-state index is -0.525. The Morgan fingerprint density at radius 2 is 1.81 bits per heavy atom. The van der Waals surface area contributed by atoms with E-state index in [9.17, 15) is 4.39 Å². The highest BCUT2D eigenvalue weighted by Gasteiger charge is 2.24. The van der Waals surface area contributed by atoms with E-state index in [1.165, 1.54) is 12.3 Å². The topological polar surface area (TPSA) is 85.3 Å². The van der Waals surface area contributed by atoms with Gasteiger partial charge >= 0.3 is 0 Å². The monoisotopic (exact) mass is 424 g/mol. The van der Waals surface area contributed by atoms with Gasteiger partial charge in [-0.25, -0.2) is 9.97 Å². The van der Waals surface area contributed by atoms with Gasteiger partial charge in [-0.3, -0.25) is 4.98 Å². The highest BCUT2D eigenvalue weighted by Crippen LogP contribution is 2.33. The number of rotatable bonds is 5. The highest BCUT2D eigenvalue weighted by molar-refractivity contribution is 5.85. The normalized spacial score (nSPS) is 21.8. The van der Waals surface area contributed by atoms with Crippen LogP contribution in [0.25, 0.3) is 11.0 Å². The van der Waals surface area contributed by atoms with Gasteiger partial charge in [0.1, 0.15) is 11.3 Å². The zero-order valence-corrected chi connectivity index (χ0v) is 17.2. The number of fused-ring (bicyclic) bond motifs is 1. The van der Waals surface area contributed by atoms with E-state index in [0.717, 1.165) is 74.5 Å². The van der Waals surface area contributed by atoms with Crippen molar-refractivity contribution in [2.24, 2.45) is 0 Å². The molecule has 0 bridgehead atoms. The smallest absolute Gasteiger partial charge is 0.225 e. The van der Waals surface area contributed by atoms with Crippen LogP contribution in [0.5, 0.6) is 5.75 Å². The van der Waals surface area contributed by atoms with Crippen molar-refractivity contribution in [1.29, 1.82) is 0 Å². The Labute approximate surface area is 179 Å². The van der Waals surface area contributed by atoms with Crippen molar-refractivity contribution in [2.75, 3.05) is 36.5 Å². The number of anilines is 2. The molecule has 0 amide bonds. The van der Waals surface area contributed by atoms with Gasteiger partial charge in [0.2, 0.25) is 11.9 Å². The molecule has 3 aromatic rings. The molecule has 3 heterocycles. The van der Waals surface area contributed by atoms with E-state index >= 15 is 0 Å². The third-order valence-electron chi connectivity index (χ3n) is 5.82. The Balaban J connectivity index is 1.28. The molecule has 1 N–H and O–H groups in total. The van der Waals surface area contributed by atoms with Crippen molar-refractivity contribution < 1.29 is 13.9 Å². The fourth-order valence-electron chi connectivity index (χ4n) is 4.22. The van der Waals surface area contributed by atoms with Gasteiger partial charge in [-0.15, -0.1) is 0 Å². The Bertz CT molecular complexity index is 1040. The number of benzene rings is 1. The summed E-state index contributed by atoms with van der Waals surface area (Å²) in [7, 11) is 0. The van der Waals surface area contributed by atoms with Gasteiger partial charge in [0.25, 0.3) is 0 Å². The third-order valence-corrected chi connectivity index (χ3v) is 5.82. The second kappa shape index (κ2) is 8.97. The summed E-state index contributed by atoms with van der Waals surface area (Å²) in [5.74, 6) is 0.587. The molecular weight excluding hydrogens is 399 g/mol. The number of nitrogens with zero attached hydrogens (tertiary/aromatic N) is 5. The van der Waals surface area contributed by atoms with Gasteiger partial charge in [0.05, 0.1) is 24.8 Å². The van der Waals surface area contributed by atoms with Gasteiger partial charge in [-0.2, -0.15) is 9.37 Å². The Morgan fingerprint density at radius 1 is 1.00 bits per heavy atom. The summed E-state index contributed by atoms with van der Waals surface area (Å²) in [4.78, 5) is 19.2. The van der Waals surface area contributed by atoms with Crippen LogP contribution < -0.4 is 15.0 Å². The Hall–Kier alpha value is -3.07. The molecule has 1 aliphatic carbocycles. The molecule has 0 spiro atoms. The number of ether oxygens (including phenoxy) is 2. The standard InChI is InChI=1S/C22H25FN6O2/c23-20-5-6-26-22(28-20)27-15-1-3-17(4-2-15)31-19-14-16(29-9-11-30-12-10-29)13-18-21(19)25-8-7-24-18/h5-8,13-15,17H,1-4,9-12H2,(H,26,27,28). The summed E-state index contributed by atoms with van der Waals surface area (Å²) in [6, 6.07) is 5.60. The fourth-order valence-corrected chi connectivity index (χ4v) is 4.22. The molecule has 1 aliphatic heterocycles. The van der Waals surface area contributed by atoms with Crippen molar-refractivity contribution in [2.45, 2.75) is 37.8 Å². The first-order valence-corrected chi connectivity index (χ1v) is 10.7. The van der Waals surface area contributed by atoms with Crippen LogP contribution in [0.3, 0.4) is 0 Å². The predicted molar refractivity (Wildman–Crippen MR) is 115 cm³/mol. The Kier molecular flexibility index (Phi) is 5.75. The summed E-state index contributed by atoms with van der Waals surface area (Å²) in [5.41, 5.74) is 2.71. The maximum atomic E-state index is 13.3. The van der Waals surface area contributed by atoms with Crippen molar-refractivity contribution in [3.05, 3.63) is 42.7 Å². The van der Waals surface area contributed by atoms with E-state index in [4.69, 9.17) is 9.47 Å². The lowest BCUT2D eigenvalue weighted by atomic mass is 9.93. The van der Waals surface area contributed by atoms with Crippen LogP contribution in [0.2, 0.25) is 0 Å². The quantitative estimate of drug-likeness (QED) is 0.625. The van der Waals surface area contributed by atoms with Crippen molar-refractivity contribution in [3.8, 4) is 5.75 Å². The van der Waals surface area contributed by atoms with Gasteiger partial charge in [-0.1, -0.05) is 0 Å². The fraction of sp³-hybridized carbons (Fsp3) is 0.455. The molecule has 0 unspecified atom stereocenters. The molecule has 8 nitrogen and oxygen atoms in total. The maximum Gasteiger partial charge on any atom is 0.225 e. The third kappa shape index (κ3) is 4.66. The minimum Gasteiger partial charge on any atom is -0.488 e. The van der Waals surface area contributed by atoms with E-state index in [2.05, 4.69) is 42.3 Å². The lowest BCUT2D eigenvalue weighted by molar-refractivity contribution is 0.122. The number of morpholine rings is 1. The van der Waals surface area contributed by atoms with Crippen LogP contribution in [0.1, 0.15) is 25.7 Å². The average Bonchev–Trinajstić information content (AvgIpc) is 2.81. The zero-order chi connectivity index (χ0) is 21.0. The first kappa shape index (κ1) is 19.9. The SMILES string of the molecule is Fc1ccnc(NC2CCC(Oc3cc(N4CCOCC4)cc4nccnc34)CC2)n1. The molecular formula is C22H25FN6O2. The van der Waals surface area contributed by atoms with Gasteiger partial charge in [-0.05, 0) is 31.7 Å². The van der Waals surface area contributed by atoms with Crippen LogP contribution in [0, 0.1) is 5.95 Å². The van der Waals surface area contributed by atoms with Crippen LogP contribution in [-0.2, 0) is 4.74 Å². The number of hydrogen-bond acceptors (Lipinski definition) is 8. The lowest BCUT2D eigenvalue weighted by Gasteiger charge is -2.31. The molecule has 9 heteroatoms. The summed E-state index contributed by atoms with van der Waals surface area (Å²) in [5, 5.41) is 3.23. The van der Waals surface area contributed by atoms with E-state index in [0.29, 0.717) is 5.95 Å². The number of hydrogen-bond donors (Lipinski definition) is 1. The molecule has 0 radical (unpaired) electrons. The van der Waals surface area contributed by atoms with Crippen LogP contribution in [0.4, 0.5) is 16.0 Å². The molecule has 2 aliphatic rings. The summed E-state index contributed by atoms with van der Waals surface area (Å²) in [6.07, 6.45) is 8.50. The molecule has 2 aromatic heterocycles. The Morgan fingerprint density at radius 3 is 2.61 bits per heavy atom. The first-order chi connectivity index (χ1) is 15.2. The van der Waals surface area contributed by atoms with Crippen molar-refractivity contribution in [3.63, 3.8) is 0 Å². The molecule has 1 aromatic carbocycles. The zero-order valence-electron chi connectivity index (χ0n) is 17.2. The molecule has 0 atom stereocenters. The van der Waals surface area contributed by atoms with E-state index in [1.807, 2.05) is 0 Å². The summed E-state index contributed by atoms with van der Waals surface area (Å²) in [6.45, 7) is 3.15. The number of nitrogens with one attached hydrogen (secondary N) is 1. The molecule has 162 valence electrons. The second-order valence-electron chi connectivity index (χ2n) is 7.91. The van der Waals surface area contributed by atoms with Gasteiger partial charge in [0, 0.05) is 55.5 Å². The lowest BCUT2D eigenvalue weighted by Crippen LogP contribution is -2.36. The largest absolute Gasteiger partial charge is 0.488 e. The minimum absolute atomic E-state index is 0.0941. The number of halogens is 1. The molecule has 2 fully saturated rings. The average molecular weight is 424 g/mol. The van der Waals surface area contributed by atoms with E-state index in [-0.39, 0.29) is 12.1 Å². The molecule has 31 heavy (non-hydrogen) atoms. The van der Waals surface area contributed by atoms with Crippen LogP contribution >= 0.6 is 0 Å². The van der Waals surface area contributed by atoms with E-state index < -0.39 is 5.95 Å². The van der Waals surface area contributed by atoms with Crippen LogP contribution in [-0.4, -0.2) is 58.4 Å². The van der Waals surface area contributed by atoms with Crippen molar-refractivity contribution in [1.82, 2.24) is 19.9 Å². The molecule has 1 saturated heterocycles. The van der Waals surface area contributed by atoms with E-state index in [1.54, 1.807) is 12.4 Å². The molecule has 5 rings (SSSR count). The molecule has 1 saturated carbocycles. The van der Waals surface area contributed by atoms with Crippen LogP contribution in [0.15, 0.2) is 36.8 Å². The second-order valence-corrected chi connectivity index (χ2v) is 7.91. The summed E-state index contributed by atoms with van der Waals surface area (Å²) < 4.78 is 25.2. The van der Waals surface area contributed by atoms with Gasteiger partial charge < -0.3 is 19.7 Å². The number of aromatic nitrogens is 4. The first-order valence-electron chi connectivity index (χ1n) is 10.7.